The van der Waals surface area contributed by atoms with Crippen LogP contribution in [0.3, 0.4) is 0 Å². The van der Waals surface area contributed by atoms with Gasteiger partial charge in [-0.15, -0.1) is 12.4 Å². The lowest BCUT2D eigenvalue weighted by atomic mass is 10.1. The standard InChI is InChI=1S/C9H12ClN.ClH/c1-7(11)5-8-3-2-4-9(10)6-8;/h2-4,6-7H,5,11H2,1H3;1H/t7-;/m0./s1. The van der Waals surface area contributed by atoms with Gasteiger partial charge in [0.15, 0.2) is 0 Å². The molecule has 1 aromatic rings. The van der Waals surface area contributed by atoms with Crippen molar-refractivity contribution in [3.05, 3.63) is 34.9 Å². The molecule has 1 aromatic carbocycles. The smallest absolute Gasteiger partial charge is 0.0408 e. The van der Waals surface area contributed by atoms with Crippen LogP contribution >= 0.6 is 24.0 Å². The van der Waals surface area contributed by atoms with Crippen molar-refractivity contribution in [2.24, 2.45) is 5.73 Å². The summed E-state index contributed by atoms with van der Waals surface area (Å²) in [6.07, 6.45) is 0.889. The maximum atomic E-state index is 5.79. The lowest BCUT2D eigenvalue weighted by Crippen LogP contribution is -2.17. The van der Waals surface area contributed by atoms with Crippen LogP contribution in [0.4, 0.5) is 0 Å². The summed E-state index contributed by atoms with van der Waals surface area (Å²) in [5.74, 6) is 0. The predicted molar refractivity (Wildman–Crippen MR) is 56.1 cm³/mol. The van der Waals surface area contributed by atoms with E-state index in [1.807, 2.05) is 31.2 Å². The third-order valence-electron chi connectivity index (χ3n) is 1.45. The Morgan fingerprint density at radius 2 is 2.17 bits per heavy atom. The molecule has 0 amide bonds. The van der Waals surface area contributed by atoms with Gasteiger partial charge in [0.05, 0.1) is 0 Å². The van der Waals surface area contributed by atoms with Crippen molar-refractivity contribution in [2.75, 3.05) is 0 Å². The molecule has 0 aliphatic carbocycles. The van der Waals surface area contributed by atoms with Gasteiger partial charge in [0.1, 0.15) is 0 Å². The highest BCUT2D eigenvalue weighted by Crippen LogP contribution is 2.11. The van der Waals surface area contributed by atoms with Crippen molar-refractivity contribution in [2.45, 2.75) is 19.4 Å². The van der Waals surface area contributed by atoms with Crippen molar-refractivity contribution in [1.82, 2.24) is 0 Å². The third-order valence-corrected chi connectivity index (χ3v) is 1.68. The molecule has 0 heterocycles. The molecule has 0 fully saturated rings. The van der Waals surface area contributed by atoms with Crippen LogP contribution in [-0.2, 0) is 6.42 Å². The fourth-order valence-electron chi connectivity index (χ4n) is 1.04. The molecular weight excluding hydrogens is 193 g/mol. The topological polar surface area (TPSA) is 26.0 Å². The normalized spacial score (nSPS) is 11.9. The fraction of sp³-hybridized carbons (Fsp3) is 0.333. The third kappa shape index (κ3) is 3.96. The van der Waals surface area contributed by atoms with Gasteiger partial charge in [0.2, 0.25) is 0 Å². The van der Waals surface area contributed by atoms with Crippen LogP contribution in [0.5, 0.6) is 0 Å². The summed E-state index contributed by atoms with van der Waals surface area (Å²) in [4.78, 5) is 0. The second-order valence-corrected chi connectivity index (χ2v) is 3.25. The first-order valence-corrected chi connectivity index (χ1v) is 4.06. The molecule has 0 spiro atoms. The van der Waals surface area contributed by atoms with E-state index in [-0.39, 0.29) is 18.4 Å². The summed E-state index contributed by atoms with van der Waals surface area (Å²) in [5.41, 5.74) is 6.83. The molecule has 3 heteroatoms. The van der Waals surface area contributed by atoms with Crippen LogP contribution in [0.15, 0.2) is 24.3 Å². The first kappa shape index (κ1) is 11.8. The fourth-order valence-corrected chi connectivity index (χ4v) is 1.25. The highest BCUT2D eigenvalue weighted by Gasteiger charge is 1.97. The molecule has 0 aliphatic heterocycles. The first-order chi connectivity index (χ1) is 5.18. The van der Waals surface area contributed by atoms with Gasteiger partial charge in [-0.3, -0.25) is 0 Å². The Kier molecular flexibility index (Phi) is 5.31. The zero-order valence-electron chi connectivity index (χ0n) is 6.96. The molecule has 0 aliphatic rings. The van der Waals surface area contributed by atoms with Gasteiger partial charge in [-0.05, 0) is 31.0 Å². The molecule has 1 rings (SSSR count). The van der Waals surface area contributed by atoms with Gasteiger partial charge in [-0.2, -0.15) is 0 Å². The van der Waals surface area contributed by atoms with Crippen LogP contribution in [0.1, 0.15) is 12.5 Å². The molecule has 0 saturated heterocycles. The van der Waals surface area contributed by atoms with Crippen LogP contribution in [-0.4, -0.2) is 6.04 Å². The van der Waals surface area contributed by atoms with E-state index in [0.717, 1.165) is 11.4 Å². The van der Waals surface area contributed by atoms with Crippen LogP contribution in [0.2, 0.25) is 5.02 Å². The maximum absolute atomic E-state index is 5.79. The van der Waals surface area contributed by atoms with E-state index in [0.29, 0.717) is 0 Å². The number of rotatable bonds is 2. The van der Waals surface area contributed by atoms with Crippen molar-refractivity contribution in [3.8, 4) is 0 Å². The van der Waals surface area contributed by atoms with Gasteiger partial charge in [-0.25, -0.2) is 0 Å². The van der Waals surface area contributed by atoms with E-state index in [1.165, 1.54) is 5.56 Å². The molecule has 0 unspecified atom stereocenters. The zero-order chi connectivity index (χ0) is 8.27. The lowest BCUT2D eigenvalue weighted by Gasteiger charge is -2.04. The van der Waals surface area contributed by atoms with E-state index in [4.69, 9.17) is 17.3 Å². The summed E-state index contributed by atoms with van der Waals surface area (Å²) in [6, 6.07) is 8.00. The molecule has 1 nitrogen and oxygen atoms in total. The number of hydrogen-bond acceptors (Lipinski definition) is 1. The second-order valence-electron chi connectivity index (χ2n) is 2.81. The van der Waals surface area contributed by atoms with Crippen LogP contribution < -0.4 is 5.73 Å². The Labute approximate surface area is 84.3 Å². The minimum atomic E-state index is 0. The molecular formula is C9H13Cl2N. The first-order valence-electron chi connectivity index (χ1n) is 3.68. The van der Waals surface area contributed by atoms with Gasteiger partial charge in [-0.1, -0.05) is 23.7 Å². The lowest BCUT2D eigenvalue weighted by molar-refractivity contribution is 0.738. The van der Waals surface area contributed by atoms with E-state index in [1.54, 1.807) is 0 Å². The summed E-state index contributed by atoms with van der Waals surface area (Å²) < 4.78 is 0. The Morgan fingerprint density at radius 3 is 2.67 bits per heavy atom. The van der Waals surface area contributed by atoms with E-state index in [2.05, 4.69) is 0 Å². The van der Waals surface area contributed by atoms with Crippen LogP contribution in [0.25, 0.3) is 0 Å². The maximum Gasteiger partial charge on any atom is 0.0408 e. The second kappa shape index (κ2) is 5.41. The Morgan fingerprint density at radius 1 is 1.50 bits per heavy atom. The van der Waals surface area contributed by atoms with Crippen molar-refractivity contribution < 1.29 is 0 Å². The quantitative estimate of drug-likeness (QED) is 0.790. The summed E-state index contributed by atoms with van der Waals surface area (Å²) >= 11 is 5.79. The minimum Gasteiger partial charge on any atom is -0.328 e. The van der Waals surface area contributed by atoms with Gasteiger partial charge in [0.25, 0.3) is 0 Å². The molecule has 0 saturated carbocycles. The number of nitrogens with two attached hydrogens (primary N) is 1. The summed E-state index contributed by atoms with van der Waals surface area (Å²) in [7, 11) is 0. The average molecular weight is 206 g/mol. The van der Waals surface area contributed by atoms with Crippen molar-refractivity contribution in [1.29, 1.82) is 0 Å². The van der Waals surface area contributed by atoms with Gasteiger partial charge in [0, 0.05) is 11.1 Å². The van der Waals surface area contributed by atoms with Crippen LogP contribution in [0, 0.1) is 0 Å². The molecule has 0 radical (unpaired) electrons. The molecule has 12 heavy (non-hydrogen) atoms. The van der Waals surface area contributed by atoms with Crippen molar-refractivity contribution in [3.63, 3.8) is 0 Å². The van der Waals surface area contributed by atoms with Gasteiger partial charge < -0.3 is 5.73 Å². The monoisotopic (exact) mass is 205 g/mol. The Balaban J connectivity index is 0.00000121. The summed E-state index contributed by atoms with van der Waals surface area (Å²) in [6.45, 7) is 1.99. The Hall–Kier alpha value is -0.240. The Bertz CT molecular complexity index is 236. The number of halogens is 2. The zero-order valence-corrected chi connectivity index (χ0v) is 8.53. The minimum absolute atomic E-state index is 0. The predicted octanol–water partition coefficient (Wildman–Crippen LogP) is 2.65. The average Bonchev–Trinajstić information content (AvgIpc) is 1.85. The summed E-state index contributed by atoms with van der Waals surface area (Å²) in [5, 5.41) is 0.781. The van der Waals surface area contributed by atoms with E-state index in [9.17, 15) is 0 Å². The van der Waals surface area contributed by atoms with E-state index >= 15 is 0 Å². The van der Waals surface area contributed by atoms with E-state index < -0.39 is 0 Å². The highest BCUT2D eigenvalue weighted by atomic mass is 35.5. The number of benzene rings is 1. The molecule has 0 aromatic heterocycles. The number of hydrogen-bond donors (Lipinski definition) is 1. The van der Waals surface area contributed by atoms with Crippen molar-refractivity contribution >= 4 is 24.0 Å². The molecule has 68 valence electrons. The molecule has 0 bridgehead atoms. The largest absolute Gasteiger partial charge is 0.328 e. The van der Waals surface area contributed by atoms with Gasteiger partial charge >= 0.3 is 0 Å². The molecule has 1 atom stereocenters. The molecule has 2 N–H and O–H groups in total. The SMILES string of the molecule is C[C@H](N)Cc1cccc(Cl)c1.Cl. The highest BCUT2D eigenvalue weighted by molar-refractivity contribution is 6.30.